The van der Waals surface area contributed by atoms with Gasteiger partial charge < -0.3 is 0 Å². The number of halogens is 3. The molecule has 0 heterocycles. The number of benzene rings is 1. The first-order chi connectivity index (χ1) is 9.55. The van der Waals surface area contributed by atoms with Gasteiger partial charge in [-0.3, -0.25) is 4.99 Å². The monoisotopic (exact) mass is 285 g/mol. The van der Waals surface area contributed by atoms with Gasteiger partial charge in [0.1, 0.15) is 5.71 Å². The van der Waals surface area contributed by atoms with Crippen LogP contribution in [0, 0.1) is 0 Å². The second-order valence-electron chi connectivity index (χ2n) is 4.86. The lowest BCUT2D eigenvalue weighted by Gasteiger charge is -2.10. The van der Waals surface area contributed by atoms with E-state index >= 15 is 0 Å². The van der Waals surface area contributed by atoms with Gasteiger partial charge in [-0.1, -0.05) is 69.4 Å². The number of nitrogens with zero attached hydrogens (tertiary/aromatic N) is 1. The van der Waals surface area contributed by atoms with Crippen LogP contribution in [0.4, 0.5) is 13.2 Å². The maximum atomic E-state index is 13.0. The summed E-state index contributed by atoms with van der Waals surface area (Å²) in [7, 11) is 0. The van der Waals surface area contributed by atoms with Crippen LogP contribution in [0.1, 0.15) is 51.0 Å². The first-order valence-corrected chi connectivity index (χ1v) is 7.22. The van der Waals surface area contributed by atoms with Gasteiger partial charge in [0.15, 0.2) is 0 Å². The predicted molar refractivity (Wildman–Crippen MR) is 77.3 cm³/mol. The molecule has 1 nitrogen and oxygen atoms in total. The lowest BCUT2D eigenvalue weighted by atomic mass is 10.1. The highest BCUT2D eigenvalue weighted by Crippen LogP contribution is 2.22. The van der Waals surface area contributed by atoms with Crippen molar-refractivity contribution >= 4 is 5.71 Å². The molecule has 1 rings (SSSR count). The molecule has 0 amide bonds. The smallest absolute Gasteiger partial charge is 0.280 e. The summed E-state index contributed by atoms with van der Waals surface area (Å²) >= 11 is 0. The van der Waals surface area contributed by atoms with Gasteiger partial charge in [-0.25, -0.2) is 0 Å². The van der Waals surface area contributed by atoms with E-state index in [0.29, 0.717) is 0 Å². The van der Waals surface area contributed by atoms with Crippen molar-refractivity contribution in [3.63, 3.8) is 0 Å². The third-order valence-electron chi connectivity index (χ3n) is 3.10. The molecule has 0 aliphatic rings. The van der Waals surface area contributed by atoms with E-state index in [-0.39, 0.29) is 12.1 Å². The van der Waals surface area contributed by atoms with Crippen molar-refractivity contribution in [3.8, 4) is 0 Å². The molecule has 0 bridgehead atoms. The average Bonchev–Trinajstić information content (AvgIpc) is 2.41. The first kappa shape index (κ1) is 16.7. The predicted octanol–water partition coefficient (Wildman–Crippen LogP) is 5.40. The lowest BCUT2D eigenvalue weighted by Crippen LogP contribution is -2.24. The molecule has 0 saturated heterocycles. The summed E-state index contributed by atoms with van der Waals surface area (Å²) in [6.07, 6.45) is 1.88. The first-order valence-electron chi connectivity index (χ1n) is 7.22. The van der Waals surface area contributed by atoms with Crippen molar-refractivity contribution in [3.05, 3.63) is 35.9 Å². The van der Waals surface area contributed by atoms with Crippen molar-refractivity contribution in [1.82, 2.24) is 0 Å². The van der Waals surface area contributed by atoms with Crippen LogP contribution in [0.2, 0.25) is 0 Å². The van der Waals surface area contributed by atoms with Crippen LogP contribution in [0.15, 0.2) is 35.3 Å². The summed E-state index contributed by atoms with van der Waals surface area (Å²) in [6.45, 7) is 2.38. The Morgan fingerprint density at radius 2 is 1.55 bits per heavy atom. The largest absolute Gasteiger partial charge is 0.433 e. The van der Waals surface area contributed by atoms with Crippen LogP contribution in [0.25, 0.3) is 0 Å². The molecule has 0 aromatic heterocycles. The molecule has 0 unspecified atom stereocenters. The van der Waals surface area contributed by atoms with Gasteiger partial charge in [-0.15, -0.1) is 0 Å². The highest BCUT2D eigenvalue weighted by Gasteiger charge is 2.36. The minimum Gasteiger partial charge on any atom is -0.280 e. The number of alkyl halides is 3. The Kier molecular flexibility index (Phi) is 7.34. The van der Waals surface area contributed by atoms with E-state index in [1.807, 2.05) is 0 Å². The standard InChI is InChI=1S/C16H22F3N/c1-2-3-4-5-6-10-13-20-15(16(17,18)19)14-11-8-7-9-12-14/h7-9,11-12H,2-6,10,13H2,1H3. The molecule has 0 radical (unpaired) electrons. The van der Waals surface area contributed by atoms with Gasteiger partial charge in [0.2, 0.25) is 0 Å². The molecule has 0 spiro atoms. The fourth-order valence-corrected chi connectivity index (χ4v) is 2.02. The Morgan fingerprint density at radius 3 is 2.15 bits per heavy atom. The van der Waals surface area contributed by atoms with Crippen molar-refractivity contribution in [2.24, 2.45) is 4.99 Å². The molecule has 4 heteroatoms. The molecule has 0 aliphatic heterocycles. The van der Waals surface area contributed by atoms with Gasteiger partial charge >= 0.3 is 6.18 Å². The van der Waals surface area contributed by atoms with E-state index in [0.717, 1.165) is 25.7 Å². The van der Waals surface area contributed by atoms with Crippen LogP contribution in [0.5, 0.6) is 0 Å². The zero-order valence-electron chi connectivity index (χ0n) is 11.9. The number of rotatable bonds is 8. The Morgan fingerprint density at radius 1 is 0.950 bits per heavy atom. The summed E-state index contributed by atoms with van der Waals surface area (Å²) in [5.41, 5.74) is -0.613. The van der Waals surface area contributed by atoms with Crippen molar-refractivity contribution in [2.45, 2.75) is 51.6 Å². The topological polar surface area (TPSA) is 12.4 Å². The third-order valence-corrected chi connectivity index (χ3v) is 3.10. The fourth-order valence-electron chi connectivity index (χ4n) is 2.02. The summed E-state index contributed by atoms with van der Waals surface area (Å²) in [5.74, 6) is 0. The summed E-state index contributed by atoms with van der Waals surface area (Å²) in [6, 6.07) is 7.80. The molecule has 0 N–H and O–H groups in total. The van der Waals surface area contributed by atoms with Crippen LogP contribution in [-0.4, -0.2) is 18.4 Å². The van der Waals surface area contributed by atoms with Gasteiger partial charge in [0.25, 0.3) is 0 Å². The third kappa shape index (κ3) is 6.22. The average molecular weight is 285 g/mol. The van der Waals surface area contributed by atoms with Crippen LogP contribution < -0.4 is 0 Å². The van der Waals surface area contributed by atoms with E-state index in [1.54, 1.807) is 18.2 Å². The highest BCUT2D eigenvalue weighted by molar-refractivity contribution is 6.04. The molecule has 0 atom stereocenters. The van der Waals surface area contributed by atoms with E-state index in [9.17, 15) is 13.2 Å². The number of hydrogen-bond acceptors (Lipinski definition) is 1. The summed E-state index contributed by atoms with van der Waals surface area (Å²) in [5, 5.41) is 0. The summed E-state index contributed by atoms with van der Waals surface area (Å²) < 4.78 is 38.9. The Balaban J connectivity index is 2.51. The van der Waals surface area contributed by atoms with Gasteiger partial charge in [-0.2, -0.15) is 13.2 Å². The number of unbranched alkanes of at least 4 members (excludes halogenated alkanes) is 5. The molecule has 1 aromatic rings. The van der Waals surface area contributed by atoms with Crippen molar-refractivity contribution in [1.29, 1.82) is 0 Å². The Hall–Kier alpha value is -1.32. The minimum atomic E-state index is -4.39. The van der Waals surface area contributed by atoms with E-state index in [4.69, 9.17) is 0 Å². The van der Waals surface area contributed by atoms with E-state index < -0.39 is 11.9 Å². The van der Waals surface area contributed by atoms with Gasteiger partial charge in [-0.05, 0) is 6.42 Å². The second kappa shape index (κ2) is 8.77. The van der Waals surface area contributed by atoms with Crippen LogP contribution >= 0.6 is 0 Å². The normalized spacial score (nSPS) is 12.7. The maximum absolute atomic E-state index is 13.0. The highest BCUT2D eigenvalue weighted by atomic mass is 19.4. The molecule has 20 heavy (non-hydrogen) atoms. The van der Waals surface area contributed by atoms with Crippen molar-refractivity contribution < 1.29 is 13.2 Å². The quantitative estimate of drug-likeness (QED) is 0.448. The molecule has 0 aliphatic carbocycles. The number of aliphatic imine (C=N–C) groups is 1. The Labute approximate surface area is 118 Å². The van der Waals surface area contributed by atoms with Crippen LogP contribution in [-0.2, 0) is 0 Å². The second-order valence-corrected chi connectivity index (χ2v) is 4.86. The zero-order valence-corrected chi connectivity index (χ0v) is 11.9. The molecule has 1 aromatic carbocycles. The molecule has 112 valence electrons. The molecular weight excluding hydrogens is 263 g/mol. The van der Waals surface area contributed by atoms with E-state index in [2.05, 4.69) is 11.9 Å². The molecule has 0 saturated carbocycles. The van der Waals surface area contributed by atoms with Crippen molar-refractivity contribution in [2.75, 3.05) is 6.54 Å². The minimum absolute atomic E-state index is 0.144. The zero-order chi connectivity index (χ0) is 14.8. The maximum Gasteiger partial charge on any atom is 0.433 e. The number of hydrogen-bond donors (Lipinski definition) is 0. The Bertz CT molecular complexity index is 396. The fraction of sp³-hybridized carbons (Fsp3) is 0.562. The van der Waals surface area contributed by atoms with E-state index in [1.165, 1.54) is 25.0 Å². The lowest BCUT2D eigenvalue weighted by molar-refractivity contribution is -0.0582. The molecular formula is C16H22F3N. The van der Waals surface area contributed by atoms with Crippen LogP contribution in [0.3, 0.4) is 0 Å². The molecule has 0 fully saturated rings. The SMILES string of the molecule is CCCCCCCCN=C(c1ccccc1)C(F)(F)F. The van der Waals surface area contributed by atoms with Gasteiger partial charge in [0, 0.05) is 12.1 Å². The van der Waals surface area contributed by atoms with Gasteiger partial charge in [0.05, 0.1) is 0 Å². The summed E-state index contributed by atoms with van der Waals surface area (Å²) in [4.78, 5) is 3.77.